The molecule has 0 aromatic heterocycles. The summed E-state index contributed by atoms with van der Waals surface area (Å²) in [6, 6.07) is 0. The molecule has 9 atom stereocenters. The molecule has 0 saturated heterocycles. The van der Waals surface area contributed by atoms with Crippen LogP contribution < -0.4 is 0 Å². The highest BCUT2D eigenvalue weighted by molar-refractivity contribution is 5.98. The third-order valence-corrected chi connectivity index (χ3v) is 8.36. The highest BCUT2D eigenvalue weighted by Crippen LogP contribution is 2.66. The van der Waals surface area contributed by atoms with Gasteiger partial charge in [-0.15, -0.1) is 6.42 Å². The van der Waals surface area contributed by atoms with Crippen molar-refractivity contribution < 1.29 is 25.2 Å². The summed E-state index contributed by atoms with van der Waals surface area (Å²) in [5.41, 5.74) is -2.02. The van der Waals surface area contributed by atoms with Gasteiger partial charge in [0.05, 0.1) is 12.2 Å². The van der Waals surface area contributed by atoms with E-state index in [-0.39, 0.29) is 23.4 Å². The zero-order chi connectivity index (χ0) is 19.1. The van der Waals surface area contributed by atoms with Gasteiger partial charge in [-0.25, -0.2) is 0 Å². The minimum Gasteiger partial charge on any atom is -0.393 e. The molecule has 0 bridgehead atoms. The molecule has 3 unspecified atom stereocenters. The van der Waals surface area contributed by atoms with Crippen LogP contribution in [-0.4, -0.2) is 50.1 Å². The first kappa shape index (κ1) is 18.2. The van der Waals surface area contributed by atoms with Crippen molar-refractivity contribution >= 4 is 5.78 Å². The Hall–Kier alpha value is -1.19. The Bertz CT molecular complexity index is 722. The lowest BCUT2D eigenvalue weighted by Gasteiger charge is -2.59. The van der Waals surface area contributed by atoms with Gasteiger partial charge in [-0.05, 0) is 49.4 Å². The molecule has 26 heavy (non-hydrogen) atoms. The number of ketones is 1. The van der Waals surface area contributed by atoms with Gasteiger partial charge in [0, 0.05) is 11.3 Å². The number of carbonyl (C=O) groups is 1. The molecule has 0 aromatic carbocycles. The number of terminal acetylenes is 1. The lowest BCUT2D eigenvalue weighted by molar-refractivity contribution is -0.143. The van der Waals surface area contributed by atoms with Crippen LogP contribution >= 0.6 is 0 Å². The summed E-state index contributed by atoms with van der Waals surface area (Å²) in [6.07, 6.45) is 8.14. The molecule has 5 heteroatoms. The Morgan fingerprint density at radius 1 is 1.19 bits per heavy atom. The van der Waals surface area contributed by atoms with Crippen molar-refractivity contribution in [3.05, 3.63) is 11.6 Å². The van der Waals surface area contributed by atoms with Crippen LogP contribution in [0.15, 0.2) is 11.6 Å². The van der Waals surface area contributed by atoms with Crippen LogP contribution in [0.25, 0.3) is 0 Å². The summed E-state index contributed by atoms with van der Waals surface area (Å²) in [7, 11) is 0. The SMILES string of the molecule is C#C[C@]1(O)C(=O)[C@@H](O)C2C3C(CC[C@@]21C)[C@@]1(C)CC[C@@H](O)CC1=C[C@H]3O. The van der Waals surface area contributed by atoms with Crippen LogP contribution in [0.4, 0.5) is 0 Å². The van der Waals surface area contributed by atoms with Gasteiger partial charge in [0.1, 0.15) is 6.10 Å². The Kier molecular flexibility index (Phi) is 3.79. The average molecular weight is 360 g/mol. The number of fused-ring (bicyclic) bond motifs is 5. The first-order valence-corrected chi connectivity index (χ1v) is 9.60. The van der Waals surface area contributed by atoms with Crippen molar-refractivity contribution in [2.45, 2.75) is 69.9 Å². The van der Waals surface area contributed by atoms with Gasteiger partial charge >= 0.3 is 0 Å². The van der Waals surface area contributed by atoms with Gasteiger partial charge < -0.3 is 20.4 Å². The van der Waals surface area contributed by atoms with E-state index in [0.29, 0.717) is 19.3 Å². The minimum absolute atomic E-state index is 0.0886. The molecule has 0 heterocycles. The first-order chi connectivity index (χ1) is 12.1. The van der Waals surface area contributed by atoms with Gasteiger partial charge in [-0.3, -0.25) is 4.79 Å². The van der Waals surface area contributed by atoms with Gasteiger partial charge in [-0.2, -0.15) is 0 Å². The normalized spacial score (nSPS) is 56.0. The van der Waals surface area contributed by atoms with Crippen LogP contribution in [0.3, 0.4) is 0 Å². The molecule has 3 fully saturated rings. The maximum Gasteiger partial charge on any atom is 0.206 e. The van der Waals surface area contributed by atoms with Crippen molar-refractivity contribution in [2.75, 3.05) is 0 Å². The molecule has 0 aromatic rings. The summed E-state index contributed by atoms with van der Waals surface area (Å²) in [5.74, 6) is 0.726. The molecule has 4 aliphatic carbocycles. The summed E-state index contributed by atoms with van der Waals surface area (Å²) in [4.78, 5) is 12.6. The van der Waals surface area contributed by atoms with E-state index >= 15 is 0 Å². The lowest BCUT2D eigenvalue weighted by atomic mass is 9.46. The molecule has 4 rings (SSSR count). The molecular formula is C21H28O5. The standard InChI is InChI=1S/C21H28O5/c1-4-21(26)18(25)17(24)16-15-13(6-8-20(16,21)3)19(2)7-5-12(22)9-11(19)10-14(15)23/h1,10,12-17,22-24,26H,5-9H2,2-3H3/t12-,13?,14-,15?,16?,17+,19+,20+,21+/m1/s1. The number of rotatable bonds is 0. The predicted octanol–water partition coefficient (Wildman–Crippen LogP) is 0.795. The Balaban J connectivity index is 1.82. The Labute approximate surface area is 154 Å². The molecular weight excluding hydrogens is 332 g/mol. The second-order valence-electron chi connectivity index (χ2n) is 9.33. The average Bonchev–Trinajstić information content (AvgIpc) is 2.75. The molecule has 0 aliphatic heterocycles. The molecule has 142 valence electrons. The number of aliphatic hydroxyl groups is 4. The summed E-state index contributed by atoms with van der Waals surface area (Å²) < 4.78 is 0. The van der Waals surface area contributed by atoms with E-state index in [1.54, 1.807) is 6.92 Å². The Morgan fingerprint density at radius 2 is 1.88 bits per heavy atom. The second-order valence-corrected chi connectivity index (χ2v) is 9.33. The molecule has 3 saturated carbocycles. The van der Waals surface area contributed by atoms with Crippen molar-refractivity contribution in [1.82, 2.24) is 0 Å². The van der Waals surface area contributed by atoms with Crippen LogP contribution in [0, 0.1) is 40.9 Å². The van der Waals surface area contributed by atoms with Gasteiger partial charge in [-0.1, -0.05) is 31.4 Å². The van der Waals surface area contributed by atoms with Crippen molar-refractivity contribution in [3.63, 3.8) is 0 Å². The van der Waals surface area contributed by atoms with E-state index in [2.05, 4.69) is 12.8 Å². The van der Waals surface area contributed by atoms with E-state index in [0.717, 1.165) is 18.4 Å². The van der Waals surface area contributed by atoms with E-state index < -0.39 is 34.9 Å². The smallest absolute Gasteiger partial charge is 0.206 e. The molecule has 0 amide bonds. The molecule has 4 N–H and O–H groups in total. The number of hydrogen-bond acceptors (Lipinski definition) is 5. The van der Waals surface area contributed by atoms with Crippen LogP contribution in [0.1, 0.15) is 46.0 Å². The van der Waals surface area contributed by atoms with Crippen LogP contribution in [-0.2, 0) is 4.79 Å². The third-order valence-electron chi connectivity index (χ3n) is 8.36. The summed E-state index contributed by atoms with van der Waals surface area (Å²) in [6.45, 7) is 3.95. The number of aliphatic hydroxyl groups excluding tert-OH is 3. The zero-order valence-corrected chi connectivity index (χ0v) is 15.4. The van der Waals surface area contributed by atoms with E-state index in [9.17, 15) is 25.2 Å². The largest absolute Gasteiger partial charge is 0.393 e. The molecule has 0 radical (unpaired) electrons. The van der Waals surface area contributed by atoms with Crippen LogP contribution in [0.2, 0.25) is 0 Å². The van der Waals surface area contributed by atoms with E-state index in [1.807, 2.05) is 6.08 Å². The summed E-state index contributed by atoms with van der Waals surface area (Å²) in [5, 5.41) is 42.6. The van der Waals surface area contributed by atoms with Crippen molar-refractivity contribution in [3.8, 4) is 12.3 Å². The highest BCUT2D eigenvalue weighted by atomic mass is 16.3. The van der Waals surface area contributed by atoms with Gasteiger partial charge in [0.25, 0.3) is 0 Å². The number of carbonyl (C=O) groups excluding carboxylic acids is 1. The van der Waals surface area contributed by atoms with E-state index in [1.165, 1.54) is 0 Å². The second kappa shape index (κ2) is 5.42. The molecule has 5 nitrogen and oxygen atoms in total. The number of Topliss-reactive ketones (excluding diaryl/α,β-unsaturated/α-hetero) is 1. The quantitative estimate of drug-likeness (QED) is 0.378. The van der Waals surface area contributed by atoms with Crippen molar-refractivity contribution in [2.24, 2.45) is 28.6 Å². The van der Waals surface area contributed by atoms with E-state index in [4.69, 9.17) is 6.42 Å². The topological polar surface area (TPSA) is 98.0 Å². The Morgan fingerprint density at radius 3 is 2.54 bits per heavy atom. The predicted molar refractivity (Wildman–Crippen MR) is 94.7 cm³/mol. The van der Waals surface area contributed by atoms with Gasteiger partial charge in [0.2, 0.25) is 5.78 Å². The lowest BCUT2D eigenvalue weighted by Crippen LogP contribution is -2.58. The first-order valence-electron chi connectivity index (χ1n) is 9.60. The zero-order valence-electron chi connectivity index (χ0n) is 15.4. The third kappa shape index (κ3) is 1.94. The fourth-order valence-corrected chi connectivity index (χ4v) is 6.77. The molecule has 0 spiro atoms. The maximum atomic E-state index is 12.6. The minimum atomic E-state index is -1.99. The summed E-state index contributed by atoms with van der Waals surface area (Å²) >= 11 is 0. The molecule has 4 aliphatic rings. The van der Waals surface area contributed by atoms with Gasteiger partial charge in [0.15, 0.2) is 5.60 Å². The van der Waals surface area contributed by atoms with Crippen LogP contribution in [0.5, 0.6) is 0 Å². The van der Waals surface area contributed by atoms with Crippen molar-refractivity contribution in [1.29, 1.82) is 0 Å². The maximum absolute atomic E-state index is 12.6. The monoisotopic (exact) mass is 360 g/mol. The fraction of sp³-hybridized carbons (Fsp3) is 0.762. The highest BCUT2D eigenvalue weighted by Gasteiger charge is 2.72. The number of hydrogen-bond donors (Lipinski definition) is 4. The fourth-order valence-electron chi connectivity index (χ4n) is 6.77.